The van der Waals surface area contributed by atoms with Crippen molar-refractivity contribution in [1.82, 2.24) is 9.80 Å². The summed E-state index contributed by atoms with van der Waals surface area (Å²) in [6.45, 7) is 4.16. The van der Waals surface area contributed by atoms with Gasteiger partial charge in [0.15, 0.2) is 0 Å². The highest BCUT2D eigenvalue weighted by atomic mass is 16.5. The first kappa shape index (κ1) is 15.8. The van der Waals surface area contributed by atoms with Crippen molar-refractivity contribution in [2.24, 2.45) is 0 Å². The van der Waals surface area contributed by atoms with Gasteiger partial charge in [0.05, 0.1) is 19.8 Å². The van der Waals surface area contributed by atoms with E-state index in [2.05, 4.69) is 24.0 Å². The van der Waals surface area contributed by atoms with Crippen molar-refractivity contribution in [2.45, 2.75) is 32.0 Å². The summed E-state index contributed by atoms with van der Waals surface area (Å²) in [5, 5.41) is 9.65. The number of ether oxygens (including phenoxy) is 1. The molecule has 0 spiro atoms. The molecule has 21 heavy (non-hydrogen) atoms. The molecule has 1 saturated heterocycles. The molecule has 0 radical (unpaired) electrons. The van der Waals surface area contributed by atoms with E-state index in [1.807, 2.05) is 18.2 Å². The number of carbonyl (C=O) groups is 1. The van der Waals surface area contributed by atoms with Gasteiger partial charge in [-0.25, -0.2) is 4.79 Å². The number of rotatable bonds is 4. The third kappa shape index (κ3) is 3.74. The van der Waals surface area contributed by atoms with E-state index in [4.69, 9.17) is 4.74 Å². The number of aliphatic hydroxyl groups excluding tert-OH is 1. The topological polar surface area (TPSA) is 53.0 Å². The monoisotopic (exact) mass is 292 g/mol. The molecule has 2 atom stereocenters. The first-order chi connectivity index (χ1) is 10.2. The number of hydrogen-bond acceptors (Lipinski definition) is 4. The maximum Gasteiger partial charge on any atom is 0.409 e. The van der Waals surface area contributed by atoms with Gasteiger partial charge in [0.1, 0.15) is 0 Å². The Morgan fingerprint density at radius 3 is 2.57 bits per heavy atom. The predicted molar refractivity (Wildman–Crippen MR) is 80.9 cm³/mol. The van der Waals surface area contributed by atoms with Gasteiger partial charge < -0.3 is 14.7 Å². The number of aliphatic hydroxyl groups is 1. The summed E-state index contributed by atoms with van der Waals surface area (Å²) in [5.74, 6) is 0. The van der Waals surface area contributed by atoms with E-state index < -0.39 is 0 Å². The van der Waals surface area contributed by atoms with Crippen molar-refractivity contribution in [1.29, 1.82) is 0 Å². The van der Waals surface area contributed by atoms with Gasteiger partial charge >= 0.3 is 6.09 Å². The molecule has 116 valence electrons. The molecule has 1 amide bonds. The summed E-state index contributed by atoms with van der Waals surface area (Å²) in [7, 11) is 1.40. The number of nitrogens with zero attached hydrogens (tertiary/aromatic N) is 2. The van der Waals surface area contributed by atoms with E-state index >= 15 is 0 Å². The molecule has 1 aromatic carbocycles. The second-order valence-electron chi connectivity index (χ2n) is 5.44. The lowest BCUT2D eigenvalue weighted by Crippen LogP contribution is -2.60. The highest BCUT2D eigenvalue weighted by molar-refractivity contribution is 5.68. The predicted octanol–water partition coefficient (Wildman–Crippen LogP) is 1.71. The quantitative estimate of drug-likeness (QED) is 0.918. The normalized spacial score (nSPS) is 23.1. The molecule has 1 fully saturated rings. The van der Waals surface area contributed by atoms with Gasteiger partial charge in [-0.3, -0.25) is 4.90 Å². The summed E-state index contributed by atoms with van der Waals surface area (Å²) in [6, 6.07) is 10.3. The van der Waals surface area contributed by atoms with Crippen LogP contribution in [0.25, 0.3) is 0 Å². The van der Waals surface area contributed by atoms with Crippen LogP contribution in [0.1, 0.15) is 18.9 Å². The molecule has 5 heteroatoms. The van der Waals surface area contributed by atoms with Gasteiger partial charge in [0.25, 0.3) is 0 Å². The van der Waals surface area contributed by atoms with Crippen molar-refractivity contribution in [3.63, 3.8) is 0 Å². The Hall–Kier alpha value is -1.59. The molecule has 2 rings (SSSR count). The fourth-order valence-corrected chi connectivity index (χ4v) is 2.89. The number of amides is 1. The van der Waals surface area contributed by atoms with Gasteiger partial charge in [0.2, 0.25) is 0 Å². The lowest BCUT2D eigenvalue weighted by Gasteiger charge is -2.45. The van der Waals surface area contributed by atoms with E-state index in [9.17, 15) is 9.90 Å². The van der Waals surface area contributed by atoms with Crippen molar-refractivity contribution in [3.05, 3.63) is 35.9 Å². The van der Waals surface area contributed by atoms with Crippen LogP contribution in [-0.2, 0) is 11.3 Å². The SMILES string of the molecule is CC[C@@H]1CN(Cc2ccccc2)[C@H](CO)CN1C(=O)OC. The third-order valence-electron chi connectivity index (χ3n) is 4.13. The Morgan fingerprint density at radius 2 is 2.00 bits per heavy atom. The van der Waals surface area contributed by atoms with Crippen molar-refractivity contribution >= 4 is 6.09 Å². The van der Waals surface area contributed by atoms with Gasteiger partial charge in [-0.15, -0.1) is 0 Å². The van der Waals surface area contributed by atoms with Crippen molar-refractivity contribution < 1.29 is 14.6 Å². The number of benzene rings is 1. The minimum atomic E-state index is -0.306. The third-order valence-corrected chi connectivity index (χ3v) is 4.13. The van der Waals surface area contributed by atoms with Crippen LogP contribution in [0.3, 0.4) is 0 Å². The minimum Gasteiger partial charge on any atom is -0.453 e. The first-order valence-electron chi connectivity index (χ1n) is 7.43. The van der Waals surface area contributed by atoms with Gasteiger partial charge in [-0.2, -0.15) is 0 Å². The Bertz CT molecular complexity index is 452. The zero-order chi connectivity index (χ0) is 15.2. The summed E-state index contributed by atoms with van der Waals surface area (Å²) in [6.07, 6.45) is 0.568. The lowest BCUT2D eigenvalue weighted by atomic mass is 10.0. The van der Waals surface area contributed by atoms with Gasteiger partial charge in [-0.1, -0.05) is 37.3 Å². The van der Waals surface area contributed by atoms with Crippen LogP contribution in [0.2, 0.25) is 0 Å². The maximum atomic E-state index is 11.9. The van der Waals surface area contributed by atoms with E-state index in [0.717, 1.165) is 19.5 Å². The lowest BCUT2D eigenvalue weighted by molar-refractivity contribution is 0.000350. The molecular formula is C16H24N2O3. The summed E-state index contributed by atoms with van der Waals surface area (Å²) >= 11 is 0. The van der Waals surface area contributed by atoms with Gasteiger partial charge in [0, 0.05) is 25.7 Å². The van der Waals surface area contributed by atoms with E-state index in [0.29, 0.717) is 6.54 Å². The average molecular weight is 292 g/mol. The Balaban J connectivity index is 2.10. The van der Waals surface area contributed by atoms with Crippen LogP contribution in [-0.4, -0.2) is 59.9 Å². The number of carbonyl (C=O) groups excluding carboxylic acids is 1. The van der Waals surface area contributed by atoms with Crippen LogP contribution in [0, 0.1) is 0 Å². The number of hydrogen-bond donors (Lipinski definition) is 1. The minimum absolute atomic E-state index is 0.0385. The second kappa shape index (κ2) is 7.43. The Morgan fingerprint density at radius 1 is 1.29 bits per heavy atom. The highest BCUT2D eigenvalue weighted by Gasteiger charge is 2.35. The van der Waals surface area contributed by atoms with Crippen LogP contribution >= 0.6 is 0 Å². The smallest absolute Gasteiger partial charge is 0.409 e. The molecule has 1 heterocycles. The molecule has 0 aliphatic carbocycles. The van der Waals surface area contributed by atoms with E-state index in [-0.39, 0.29) is 24.8 Å². The van der Waals surface area contributed by atoms with Crippen LogP contribution in [0.4, 0.5) is 4.79 Å². The molecule has 1 aliphatic rings. The van der Waals surface area contributed by atoms with Crippen LogP contribution in [0.5, 0.6) is 0 Å². The highest BCUT2D eigenvalue weighted by Crippen LogP contribution is 2.20. The van der Waals surface area contributed by atoms with Crippen LogP contribution in [0.15, 0.2) is 30.3 Å². The maximum absolute atomic E-state index is 11.9. The standard InChI is InChI=1S/C16H24N2O3/c1-3-14-10-17(9-13-7-5-4-6-8-13)15(12-19)11-18(14)16(20)21-2/h4-8,14-15,19H,3,9-12H2,1-2H3/t14-,15+/m1/s1. The molecular weight excluding hydrogens is 268 g/mol. The average Bonchev–Trinajstić information content (AvgIpc) is 2.54. The summed E-state index contributed by atoms with van der Waals surface area (Å²) in [5.41, 5.74) is 1.22. The van der Waals surface area contributed by atoms with Crippen molar-refractivity contribution in [3.8, 4) is 0 Å². The van der Waals surface area contributed by atoms with Gasteiger partial charge in [-0.05, 0) is 12.0 Å². The van der Waals surface area contributed by atoms with E-state index in [1.165, 1.54) is 12.7 Å². The van der Waals surface area contributed by atoms with Crippen LogP contribution < -0.4 is 0 Å². The molecule has 1 aromatic rings. The molecule has 5 nitrogen and oxygen atoms in total. The molecule has 0 saturated carbocycles. The fourth-order valence-electron chi connectivity index (χ4n) is 2.89. The zero-order valence-electron chi connectivity index (χ0n) is 12.7. The largest absolute Gasteiger partial charge is 0.453 e. The van der Waals surface area contributed by atoms with E-state index in [1.54, 1.807) is 4.90 Å². The fraction of sp³-hybridized carbons (Fsp3) is 0.562. The summed E-state index contributed by atoms with van der Waals surface area (Å²) < 4.78 is 4.85. The summed E-state index contributed by atoms with van der Waals surface area (Å²) in [4.78, 5) is 15.9. The number of methoxy groups -OCH3 is 1. The molecule has 0 bridgehead atoms. The molecule has 0 aromatic heterocycles. The number of piperazine rings is 1. The van der Waals surface area contributed by atoms with Crippen molar-refractivity contribution in [2.75, 3.05) is 26.8 Å². The Labute approximate surface area is 126 Å². The first-order valence-corrected chi connectivity index (χ1v) is 7.43. The second-order valence-corrected chi connectivity index (χ2v) is 5.44. The molecule has 1 aliphatic heterocycles. The molecule has 1 N–H and O–H groups in total. The zero-order valence-corrected chi connectivity index (χ0v) is 12.7. The Kier molecular flexibility index (Phi) is 5.59. The molecule has 0 unspecified atom stereocenters.